The molecule has 5 heteroatoms. The lowest BCUT2D eigenvalue weighted by atomic mass is 9.85. The summed E-state index contributed by atoms with van der Waals surface area (Å²) >= 11 is 0. The molecule has 0 amide bonds. The fraction of sp³-hybridized carbons (Fsp3) is 0.591. The molecule has 1 saturated heterocycles. The summed E-state index contributed by atoms with van der Waals surface area (Å²) in [4.78, 5) is 6.67. The summed E-state index contributed by atoms with van der Waals surface area (Å²) in [7, 11) is 1.73. The Bertz CT molecular complexity index is 768. The molecule has 0 spiro atoms. The zero-order valence-electron chi connectivity index (χ0n) is 17.3. The monoisotopic (exact) mass is 371 g/mol. The van der Waals surface area contributed by atoms with Gasteiger partial charge in [0.1, 0.15) is 11.6 Å². The second kappa shape index (κ2) is 7.64. The summed E-state index contributed by atoms with van der Waals surface area (Å²) in [5, 5.41) is 11.0. The number of methoxy groups -OCH3 is 1. The highest BCUT2D eigenvalue weighted by atomic mass is 16.5. The number of rotatable bonds is 5. The Kier molecular flexibility index (Phi) is 5.63. The van der Waals surface area contributed by atoms with Gasteiger partial charge in [0.2, 0.25) is 0 Å². The van der Waals surface area contributed by atoms with Gasteiger partial charge in [-0.15, -0.1) is 0 Å². The van der Waals surface area contributed by atoms with E-state index in [1.165, 1.54) is 11.1 Å². The van der Waals surface area contributed by atoms with Crippen LogP contribution in [0.4, 0.5) is 0 Å². The van der Waals surface area contributed by atoms with Crippen LogP contribution in [0.5, 0.6) is 5.75 Å². The van der Waals surface area contributed by atoms with E-state index in [1.807, 2.05) is 17.7 Å². The molecular weight excluding hydrogens is 338 g/mol. The molecule has 0 radical (unpaired) electrons. The van der Waals surface area contributed by atoms with Gasteiger partial charge in [-0.05, 0) is 36.8 Å². The molecule has 1 aliphatic rings. The molecule has 2 heterocycles. The van der Waals surface area contributed by atoms with Crippen LogP contribution in [0.15, 0.2) is 30.6 Å². The minimum absolute atomic E-state index is 0.117. The topological polar surface area (TPSA) is 50.5 Å². The molecule has 27 heavy (non-hydrogen) atoms. The first-order chi connectivity index (χ1) is 12.7. The summed E-state index contributed by atoms with van der Waals surface area (Å²) in [6.07, 6.45) is 5.28. The number of benzene rings is 1. The van der Waals surface area contributed by atoms with Gasteiger partial charge >= 0.3 is 0 Å². The Morgan fingerprint density at radius 2 is 1.93 bits per heavy atom. The average Bonchev–Trinajstić information content (AvgIpc) is 3.00. The highest BCUT2D eigenvalue weighted by molar-refractivity contribution is 5.39. The second-order valence-electron chi connectivity index (χ2n) is 8.88. The normalized spacial score (nSPS) is 17.9. The summed E-state index contributed by atoms with van der Waals surface area (Å²) in [5.74, 6) is 1.90. The molecule has 1 aromatic carbocycles. The van der Waals surface area contributed by atoms with Crippen molar-refractivity contribution in [3.63, 3.8) is 0 Å². The first-order valence-corrected chi connectivity index (χ1v) is 9.80. The lowest BCUT2D eigenvalue weighted by molar-refractivity contribution is -0.0362. The van der Waals surface area contributed by atoms with Crippen molar-refractivity contribution in [1.82, 2.24) is 14.5 Å². The molecule has 5 nitrogen and oxygen atoms in total. The van der Waals surface area contributed by atoms with Gasteiger partial charge in [0, 0.05) is 37.6 Å². The Hall–Kier alpha value is -1.85. The van der Waals surface area contributed by atoms with E-state index in [0.29, 0.717) is 6.54 Å². The Balaban J connectivity index is 1.66. The molecule has 1 fully saturated rings. The van der Waals surface area contributed by atoms with Gasteiger partial charge in [-0.2, -0.15) is 0 Å². The zero-order valence-corrected chi connectivity index (χ0v) is 17.3. The number of hydrogen-bond donors (Lipinski definition) is 1. The van der Waals surface area contributed by atoms with Gasteiger partial charge in [-0.1, -0.05) is 32.9 Å². The van der Waals surface area contributed by atoms with E-state index in [2.05, 4.69) is 48.9 Å². The molecule has 0 bridgehead atoms. The van der Waals surface area contributed by atoms with E-state index in [1.54, 1.807) is 13.3 Å². The first-order valence-electron chi connectivity index (χ1n) is 9.80. The number of aliphatic hydroxyl groups is 1. The van der Waals surface area contributed by atoms with Crippen LogP contribution in [0.3, 0.4) is 0 Å². The number of aryl methyl sites for hydroxylation is 1. The third-order valence-electron chi connectivity index (χ3n) is 5.72. The maximum atomic E-state index is 11.0. The van der Waals surface area contributed by atoms with E-state index in [0.717, 1.165) is 44.0 Å². The average molecular weight is 372 g/mol. The molecule has 1 aromatic heterocycles. The summed E-state index contributed by atoms with van der Waals surface area (Å²) in [6.45, 7) is 11.9. The van der Waals surface area contributed by atoms with E-state index < -0.39 is 5.60 Å². The van der Waals surface area contributed by atoms with E-state index >= 15 is 0 Å². The lowest BCUT2D eigenvalue weighted by Gasteiger charge is -2.38. The maximum Gasteiger partial charge on any atom is 0.123 e. The van der Waals surface area contributed by atoms with Crippen LogP contribution in [-0.4, -0.2) is 45.4 Å². The van der Waals surface area contributed by atoms with Crippen molar-refractivity contribution in [1.29, 1.82) is 0 Å². The Morgan fingerprint density at radius 3 is 2.48 bits per heavy atom. The standard InChI is InChI=1S/C22H33N3O2/c1-17-23-10-13-25(17)16-22(26)8-11-24(12-9-22)15-18-14-19(21(2,3)4)6-7-20(18)27-5/h6-7,10,13-14,26H,8-9,11-12,15-16H2,1-5H3. The van der Waals surface area contributed by atoms with Crippen LogP contribution in [0.2, 0.25) is 0 Å². The summed E-state index contributed by atoms with van der Waals surface area (Å²) < 4.78 is 7.64. The maximum absolute atomic E-state index is 11.0. The van der Waals surface area contributed by atoms with E-state index in [9.17, 15) is 5.11 Å². The fourth-order valence-corrected chi connectivity index (χ4v) is 3.78. The number of ether oxygens (including phenoxy) is 1. The lowest BCUT2D eigenvalue weighted by Crippen LogP contribution is -2.46. The van der Waals surface area contributed by atoms with E-state index in [-0.39, 0.29) is 5.41 Å². The molecule has 1 aliphatic heterocycles. The molecule has 0 unspecified atom stereocenters. The molecule has 0 atom stereocenters. The van der Waals surface area contributed by atoms with Crippen LogP contribution < -0.4 is 4.74 Å². The van der Waals surface area contributed by atoms with Crippen molar-refractivity contribution in [3.05, 3.63) is 47.5 Å². The molecule has 1 N–H and O–H groups in total. The van der Waals surface area contributed by atoms with Gasteiger partial charge in [0.15, 0.2) is 0 Å². The highest BCUT2D eigenvalue weighted by Gasteiger charge is 2.33. The minimum Gasteiger partial charge on any atom is -0.496 e. The Labute approximate surface area is 163 Å². The largest absolute Gasteiger partial charge is 0.496 e. The number of hydrogen-bond acceptors (Lipinski definition) is 4. The number of imidazole rings is 1. The number of nitrogens with zero attached hydrogens (tertiary/aromatic N) is 3. The molecule has 0 aliphatic carbocycles. The molecule has 0 saturated carbocycles. The third-order valence-corrected chi connectivity index (χ3v) is 5.72. The van der Waals surface area contributed by atoms with Crippen LogP contribution in [0, 0.1) is 6.92 Å². The van der Waals surface area contributed by atoms with Crippen LogP contribution in [-0.2, 0) is 18.5 Å². The second-order valence-corrected chi connectivity index (χ2v) is 8.88. The number of likely N-dealkylation sites (tertiary alicyclic amines) is 1. The Morgan fingerprint density at radius 1 is 1.22 bits per heavy atom. The van der Waals surface area contributed by atoms with E-state index in [4.69, 9.17) is 4.74 Å². The SMILES string of the molecule is COc1ccc(C(C)(C)C)cc1CN1CCC(O)(Cn2ccnc2C)CC1. The van der Waals surface area contributed by atoms with Crippen molar-refractivity contribution in [3.8, 4) is 5.75 Å². The fourth-order valence-electron chi connectivity index (χ4n) is 3.78. The van der Waals surface area contributed by atoms with Crippen molar-refractivity contribution >= 4 is 0 Å². The van der Waals surface area contributed by atoms with Crippen molar-refractivity contribution < 1.29 is 9.84 Å². The van der Waals surface area contributed by atoms with Gasteiger partial charge < -0.3 is 14.4 Å². The van der Waals surface area contributed by atoms with Gasteiger partial charge in [0.05, 0.1) is 19.3 Å². The first kappa shape index (κ1) is 19.9. The highest BCUT2D eigenvalue weighted by Crippen LogP contribution is 2.31. The number of aromatic nitrogens is 2. The number of piperidine rings is 1. The molecule has 148 valence electrons. The van der Waals surface area contributed by atoms with Crippen LogP contribution >= 0.6 is 0 Å². The predicted octanol–water partition coefficient (Wildman–Crippen LogP) is 3.52. The van der Waals surface area contributed by atoms with Crippen LogP contribution in [0.1, 0.15) is 50.6 Å². The molecular formula is C22H33N3O2. The third kappa shape index (κ3) is 4.71. The summed E-state index contributed by atoms with van der Waals surface area (Å²) in [6, 6.07) is 6.51. The zero-order chi connectivity index (χ0) is 19.7. The quantitative estimate of drug-likeness (QED) is 0.874. The van der Waals surface area contributed by atoms with Crippen molar-refractivity contribution in [2.75, 3.05) is 20.2 Å². The van der Waals surface area contributed by atoms with Crippen LogP contribution in [0.25, 0.3) is 0 Å². The van der Waals surface area contributed by atoms with Gasteiger partial charge in [0.25, 0.3) is 0 Å². The van der Waals surface area contributed by atoms with Crippen molar-refractivity contribution in [2.45, 2.75) is 64.6 Å². The minimum atomic E-state index is -0.653. The molecule has 3 rings (SSSR count). The predicted molar refractivity (Wildman–Crippen MR) is 108 cm³/mol. The van der Waals surface area contributed by atoms with Gasteiger partial charge in [-0.3, -0.25) is 4.90 Å². The van der Waals surface area contributed by atoms with Gasteiger partial charge in [-0.25, -0.2) is 4.98 Å². The molecule has 2 aromatic rings. The summed E-state index contributed by atoms with van der Waals surface area (Å²) in [5.41, 5.74) is 2.01. The van der Waals surface area contributed by atoms with Crippen molar-refractivity contribution in [2.24, 2.45) is 0 Å². The smallest absolute Gasteiger partial charge is 0.123 e.